The number of hydrogen-bond donors (Lipinski definition) is 0. The van der Waals surface area contributed by atoms with Gasteiger partial charge in [0.1, 0.15) is 17.2 Å². The van der Waals surface area contributed by atoms with Gasteiger partial charge in [0.2, 0.25) is 0 Å². The van der Waals surface area contributed by atoms with Crippen molar-refractivity contribution in [2.75, 3.05) is 21.3 Å². The zero-order valence-electron chi connectivity index (χ0n) is 21.2. The summed E-state index contributed by atoms with van der Waals surface area (Å²) in [6.45, 7) is 0. The lowest BCUT2D eigenvalue weighted by Gasteiger charge is -2.13. The molecule has 5 aromatic rings. The molecule has 0 aliphatic carbocycles. The Kier molecular flexibility index (Phi) is 6.93. The molecule has 0 bridgehead atoms. The van der Waals surface area contributed by atoms with Gasteiger partial charge in [0.15, 0.2) is 5.69 Å². The Morgan fingerprint density at radius 1 is 0.615 bits per heavy atom. The number of aromatic nitrogens is 4. The van der Waals surface area contributed by atoms with Crippen molar-refractivity contribution in [2.45, 2.75) is 6.18 Å². The summed E-state index contributed by atoms with van der Waals surface area (Å²) in [4.78, 5) is 8.39. The first-order valence-electron chi connectivity index (χ1n) is 11.8. The number of benzene rings is 3. The van der Waals surface area contributed by atoms with E-state index in [9.17, 15) is 13.2 Å². The first-order chi connectivity index (χ1) is 18.8. The molecule has 2 heterocycles. The predicted molar refractivity (Wildman–Crippen MR) is 140 cm³/mol. The minimum atomic E-state index is -4.71. The van der Waals surface area contributed by atoms with Gasteiger partial charge in [-0.2, -0.15) is 23.0 Å². The van der Waals surface area contributed by atoms with Crippen LogP contribution in [0.2, 0.25) is 0 Å². The largest absolute Gasteiger partial charge is 0.497 e. The monoisotopic (exact) mass is 532 g/mol. The highest BCUT2D eigenvalue weighted by Crippen LogP contribution is 2.34. The zero-order chi connectivity index (χ0) is 27.6. The highest BCUT2D eigenvalue weighted by atomic mass is 19.4. The van der Waals surface area contributed by atoms with Crippen molar-refractivity contribution >= 4 is 0 Å². The Morgan fingerprint density at radius 3 is 1.82 bits per heavy atom. The zero-order valence-corrected chi connectivity index (χ0v) is 21.2. The Balaban J connectivity index is 1.72. The molecule has 2 aromatic heterocycles. The number of rotatable bonds is 7. The van der Waals surface area contributed by atoms with Crippen molar-refractivity contribution in [3.05, 3.63) is 90.6 Å². The van der Waals surface area contributed by atoms with Crippen LogP contribution in [0.5, 0.6) is 17.2 Å². The second-order valence-electron chi connectivity index (χ2n) is 8.45. The second kappa shape index (κ2) is 10.5. The van der Waals surface area contributed by atoms with E-state index in [2.05, 4.69) is 15.1 Å². The van der Waals surface area contributed by atoms with Gasteiger partial charge in [-0.05, 0) is 72.8 Å². The topological polar surface area (TPSA) is 71.3 Å². The van der Waals surface area contributed by atoms with Crippen LogP contribution < -0.4 is 14.2 Å². The lowest BCUT2D eigenvalue weighted by molar-refractivity contribution is -0.141. The van der Waals surface area contributed by atoms with E-state index < -0.39 is 11.9 Å². The van der Waals surface area contributed by atoms with Gasteiger partial charge in [-0.25, -0.2) is 9.97 Å². The van der Waals surface area contributed by atoms with Gasteiger partial charge in [-0.1, -0.05) is 12.1 Å². The summed E-state index contributed by atoms with van der Waals surface area (Å²) in [5, 5.41) is 4.64. The van der Waals surface area contributed by atoms with Gasteiger partial charge in [-0.3, -0.25) is 0 Å². The van der Waals surface area contributed by atoms with E-state index in [0.29, 0.717) is 39.8 Å². The van der Waals surface area contributed by atoms with E-state index in [1.54, 1.807) is 80.9 Å². The molecule has 5 rings (SSSR count). The molecule has 0 aliphatic rings. The normalized spacial score (nSPS) is 11.3. The fourth-order valence-corrected chi connectivity index (χ4v) is 4.01. The van der Waals surface area contributed by atoms with Crippen LogP contribution in [0.3, 0.4) is 0 Å². The Bertz CT molecular complexity index is 1600. The summed E-state index contributed by atoms with van der Waals surface area (Å²) in [6.07, 6.45) is -4.71. The standard InChI is InChI=1S/C29H23F3N4O3/c1-37-21-11-7-18(8-12-21)25-16-26(19-9-13-22(38-2)14-10-19)36(35-25)28-33-24(17-27(34-28)29(30,31)32)20-5-4-6-23(15-20)39-3/h4-17H,1-3H3. The summed E-state index contributed by atoms with van der Waals surface area (Å²) in [5.41, 5.74) is 1.88. The molecule has 0 fully saturated rings. The maximum absolute atomic E-state index is 14.0. The fourth-order valence-electron chi connectivity index (χ4n) is 4.01. The van der Waals surface area contributed by atoms with Crippen LogP contribution in [0.25, 0.3) is 39.7 Å². The molecule has 0 amide bonds. The van der Waals surface area contributed by atoms with Crippen LogP contribution in [0.4, 0.5) is 13.2 Å². The highest BCUT2D eigenvalue weighted by Gasteiger charge is 2.34. The molecular formula is C29H23F3N4O3. The van der Waals surface area contributed by atoms with E-state index in [1.807, 2.05) is 12.1 Å². The average Bonchev–Trinajstić information content (AvgIpc) is 3.42. The van der Waals surface area contributed by atoms with Crippen LogP contribution in [-0.2, 0) is 6.18 Å². The van der Waals surface area contributed by atoms with E-state index >= 15 is 0 Å². The molecular weight excluding hydrogens is 509 g/mol. The lowest BCUT2D eigenvalue weighted by atomic mass is 10.1. The molecule has 0 unspecified atom stereocenters. The Hall–Kier alpha value is -4.86. The molecule has 39 heavy (non-hydrogen) atoms. The van der Waals surface area contributed by atoms with Crippen molar-refractivity contribution in [2.24, 2.45) is 0 Å². The molecule has 0 atom stereocenters. The van der Waals surface area contributed by atoms with E-state index in [4.69, 9.17) is 14.2 Å². The third-order valence-electron chi connectivity index (χ3n) is 6.04. The number of halogens is 3. The fraction of sp³-hybridized carbons (Fsp3) is 0.138. The maximum atomic E-state index is 14.0. The highest BCUT2D eigenvalue weighted by molar-refractivity contribution is 5.71. The van der Waals surface area contributed by atoms with E-state index in [0.717, 1.165) is 11.6 Å². The van der Waals surface area contributed by atoms with Gasteiger partial charge in [0.05, 0.1) is 38.4 Å². The third-order valence-corrected chi connectivity index (χ3v) is 6.04. The van der Waals surface area contributed by atoms with E-state index in [-0.39, 0.29) is 11.6 Å². The first kappa shape index (κ1) is 25.8. The summed E-state index contributed by atoms with van der Waals surface area (Å²) in [7, 11) is 4.60. The number of alkyl halides is 3. The van der Waals surface area contributed by atoms with Crippen LogP contribution in [0.15, 0.2) is 84.9 Å². The molecule has 0 saturated heterocycles. The number of methoxy groups -OCH3 is 3. The quantitative estimate of drug-likeness (QED) is 0.232. The SMILES string of the molecule is COc1ccc(-c2cc(-c3ccc(OC)cc3)n(-c3nc(-c4cccc(OC)c4)cc(C(F)(F)F)n3)n2)cc1. The molecule has 0 saturated carbocycles. The third kappa shape index (κ3) is 5.40. The van der Waals surface area contributed by atoms with Crippen LogP contribution in [-0.4, -0.2) is 41.1 Å². The minimum absolute atomic E-state index is 0.0772. The molecule has 10 heteroatoms. The van der Waals surface area contributed by atoms with Gasteiger partial charge >= 0.3 is 6.18 Å². The van der Waals surface area contributed by atoms with Crippen molar-refractivity contribution < 1.29 is 27.4 Å². The van der Waals surface area contributed by atoms with Crippen molar-refractivity contribution in [1.29, 1.82) is 0 Å². The number of nitrogens with zero attached hydrogens (tertiary/aromatic N) is 4. The van der Waals surface area contributed by atoms with E-state index in [1.165, 1.54) is 11.8 Å². The molecule has 0 radical (unpaired) electrons. The molecule has 198 valence electrons. The molecule has 0 spiro atoms. The number of ether oxygens (including phenoxy) is 3. The molecule has 3 aromatic carbocycles. The van der Waals surface area contributed by atoms with Crippen LogP contribution in [0, 0.1) is 0 Å². The predicted octanol–water partition coefficient (Wildman–Crippen LogP) is 6.71. The van der Waals surface area contributed by atoms with Crippen molar-refractivity contribution in [1.82, 2.24) is 19.7 Å². The van der Waals surface area contributed by atoms with Gasteiger partial charge in [0.25, 0.3) is 5.95 Å². The van der Waals surface area contributed by atoms with Crippen LogP contribution in [0.1, 0.15) is 5.69 Å². The average molecular weight is 533 g/mol. The van der Waals surface area contributed by atoms with Gasteiger partial charge < -0.3 is 14.2 Å². The Labute approximate surface area is 222 Å². The molecule has 7 nitrogen and oxygen atoms in total. The summed E-state index contributed by atoms with van der Waals surface area (Å²) >= 11 is 0. The summed E-state index contributed by atoms with van der Waals surface area (Å²) < 4.78 is 59.1. The summed E-state index contributed by atoms with van der Waals surface area (Å²) in [6, 6.07) is 23.6. The second-order valence-corrected chi connectivity index (χ2v) is 8.45. The van der Waals surface area contributed by atoms with Crippen molar-refractivity contribution in [3.63, 3.8) is 0 Å². The van der Waals surface area contributed by atoms with Gasteiger partial charge in [-0.15, -0.1) is 0 Å². The van der Waals surface area contributed by atoms with Crippen LogP contribution >= 0.6 is 0 Å². The smallest absolute Gasteiger partial charge is 0.433 e. The first-order valence-corrected chi connectivity index (χ1v) is 11.8. The minimum Gasteiger partial charge on any atom is -0.497 e. The molecule has 0 N–H and O–H groups in total. The van der Waals surface area contributed by atoms with Crippen molar-refractivity contribution in [3.8, 4) is 57.0 Å². The number of hydrogen-bond acceptors (Lipinski definition) is 6. The maximum Gasteiger partial charge on any atom is 0.433 e. The summed E-state index contributed by atoms with van der Waals surface area (Å²) in [5.74, 6) is 1.56. The lowest BCUT2D eigenvalue weighted by Crippen LogP contribution is -2.14. The van der Waals surface area contributed by atoms with Gasteiger partial charge in [0, 0.05) is 16.7 Å². The molecule has 0 aliphatic heterocycles. The Morgan fingerprint density at radius 2 is 1.23 bits per heavy atom.